The topological polar surface area (TPSA) is 194 Å². The monoisotopic (exact) mass is 417 g/mol. The van der Waals surface area contributed by atoms with E-state index in [0.717, 1.165) is 0 Å². The third-order valence-electron chi connectivity index (χ3n) is 4.41. The molecule has 4 rings (SSSR count). The second-order valence-corrected chi connectivity index (χ2v) is 6.47. The molecule has 2 heterocycles. The minimum atomic E-state index is -1.28. The molecular weight excluding hydrogens is 402 g/mol. The first-order chi connectivity index (χ1) is 14.8. The van der Waals surface area contributed by atoms with Gasteiger partial charge in [0.05, 0.1) is 17.0 Å². The molecule has 0 bridgehead atoms. The summed E-state index contributed by atoms with van der Waals surface area (Å²) in [6, 6.07) is 13.0. The minimum absolute atomic E-state index is 0.0209. The van der Waals surface area contributed by atoms with E-state index in [4.69, 9.17) is 21.7 Å². The molecule has 4 aromatic rings. The van der Waals surface area contributed by atoms with Crippen molar-refractivity contribution in [2.24, 2.45) is 0 Å². The lowest BCUT2D eigenvalue weighted by Gasteiger charge is -2.12. The highest BCUT2D eigenvalue weighted by atomic mass is 16.4. The first-order valence-electron chi connectivity index (χ1n) is 8.86. The van der Waals surface area contributed by atoms with Crippen LogP contribution in [0.1, 0.15) is 21.0 Å². The number of anilines is 2. The molecule has 0 spiro atoms. The number of hydrogen-bond acceptors (Lipinski definition) is 8. The maximum absolute atomic E-state index is 11.2. The van der Waals surface area contributed by atoms with Crippen molar-refractivity contribution in [1.29, 1.82) is 0 Å². The van der Waals surface area contributed by atoms with E-state index in [1.807, 2.05) is 0 Å². The standard InChI is InChI=1S/C20H15N7O4/c21-12-7-5-10(6-8-12)13-14(9-1-3-11(4-2-9)19(28)29)24-16(22)15(23-13)17-25-18(20(30)31)27-26-17/h1-8H,21H2,(H2,22,24)(H,28,29)(H,30,31)(H,25,26,27). The summed E-state index contributed by atoms with van der Waals surface area (Å²) in [5, 5.41) is 24.4. The first-order valence-corrected chi connectivity index (χ1v) is 8.86. The van der Waals surface area contributed by atoms with Crippen LogP contribution in [0, 0.1) is 0 Å². The number of nitrogens with two attached hydrogens (primary N) is 2. The Hall–Kier alpha value is -4.80. The van der Waals surface area contributed by atoms with Crippen molar-refractivity contribution < 1.29 is 19.8 Å². The number of benzene rings is 2. The maximum Gasteiger partial charge on any atom is 0.373 e. The maximum atomic E-state index is 11.2. The van der Waals surface area contributed by atoms with Crippen LogP contribution >= 0.6 is 0 Å². The summed E-state index contributed by atoms with van der Waals surface area (Å²) in [7, 11) is 0. The molecule has 0 aliphatic carbocycles. The molecule has 0 unspecified atom stereocenters. The van der Waals surface area contributed by atoms with Gasteiger partial charge in [-0.25, -0.2) is 19.6 Å². The van der Waals surface area contributed by atoms with E-state index in [0.29, 0.717) is 28.2 Å². The smallest absolute Gasteiger partial charge is 0.373 e. The summed E-state index contributed by atoms with van der Waals surface area (Å²) in [4.78, 5) is 35.2. The van der Waals surface area contributed by atoms with Crippen molar-refractivity contribution in [3.63, 3.8) is 0 Å². The molecule has 0 aliphatic heterocycles. The van der Waals surface area contributed by atoms with Crippen LogP contribution in [0.2, 0.25) is 0 Å². The number of carboxylic acid groups (broad SMARTS) is 2. The van der Waals surface area contributed by atoms with Crippen molar-refractivity contribution in [3.05, 3.63) is 59.9 Å². The lowest BCUT2D eigenvalue weighted by Crippen LogP contribution is -2.04. The van der Waals surface area contributed by atoms with Gasteiger partial charge in [0, 0.05) is 16.8 Å². The van der Waals surface area contributed by atoms with Gasteiger partial charge in [0.15, 0.2) is 11.5 Å². The van der Waals surface area contributed by atoms with E-state index < -0.39 is 11.9 Å². The number of aromatic carboxylic acids is 2. The highest BCUT2D eigenvalue weighted by molar-refractivity contribution is 5.89. The van der Waals surface area contributed by atoms with Gasteiger partial charge in [0.25, 0.3) is 0 Å². The fourth-order valence-electron chi connectivity index (χ4n) is 2.89. The van der Waals surface area contributed by atoms with Crippen LogP contribution in [-0.4, -0.2) is 47.3 Å². The fourth-order valence-corrected chi connectivity index (χ4v) is 2.89. The highest BCUT2D eigenvalue weighted by Gasteiger charge is 2.20. The molecule has 0 fully saturated rings. The molecule has 0 aliphatic rings. The summed E-state index contributed by atoms with van der Waals surface area (Å²) in [6.07, 6.45) is 0. The summed E-state index contributed by atoms with van der Waals surface area (Å²) < 4.78 is 0. The zero-order valence-corrected chi connectivity index (χ0v) is 15.8. The largest absolute Gasteiger partial charge is 0.478 e. The molecule has 0 amide bonds. The predicted octanol–water partition coefficient (Wildman–Crippen LogP) is 2.16. The lowest BCUT2D eigenvalue weighted by molar-refractivity contribution is 0.0678. The van der Waals surface area contributed by atoms with Crippen LogP contribution in [0.4, 0.5) is 11.5 Å². The second-order valence-electron chi connectivity index (χ2n) is 6.47. The van der Waals surface area contributed by atoms with E-state index >= 15 is 0 Å². The molecule has 11 nitrogen and oxygen atoms in total. The summed E-state index contributed by atoms with van der Waals surface area (Å²) in [6.45, 7) is 0. The average Bonchev–Trinajstić information content (AvgIpc) is 3.25. The number of nitrogens with one attached hydrogen (secondary N) is 1. The number of hydrogen-bond donors (Lipinski definition) is 5. The predicted molar refractivity (Wildman–Crippen MR) is 111 cm³/mol. The SMILES string of the molecule is Nc1ccc(-c2nc(-c3n[nH]c(C(=O)O)n3)c(N)nc2-c2ccc(C(=O)O)cc2)cc1. The average molecular weight is 417 g/mol. The number of rotatable bonds is 5. The van der Waals surface area contributed by atoms with Crippen molar-refractivity contribution in [2.75, 3.05) is 11.5 Å². The number of aromatic amines is 1. The minimum Gasteiger partial charge on any atom is -0.478 e. The zero-order chi connectivity index (χ0) is 22.1. The summed E-state index contributed by atoms with van der Waals surface area (Å²) in [5.74, 6) is -2.73. The molecule has 154 valence electrons. The normalized spacial score (nSPS) is 10.7. The molecule has 0 saturated carbocycles. The zero-order valence-electron chi connectivity index (χ0n) is 15.8. The van der Waals surface area contributed by atoms with Crippen LogP contribution in [0.3, 0.4) is 0 Å². The van der Waals surface area contributed by atoms with Gasteiger partial charge in [-0.3, -0.25) is 5.10 Å². The van der Waals surface area contributed by atoms with Crippen molar-refractivity contribution >= 4 is 23.4 Å². The Morgan fingerprint density at radius 2 is 1.32 bits per heavy atom. The number of carbonyl (C=O) groups is 2. The van der Waals surface area contributed by atoms with Crippen LogP contribution < -0.4 is 11.5 Å². The van der Waals surface area contributed by atoms with Gasteiger partial charge in [-0.2, -0.15) is 10.1 Å². The second kappa shape index (κ2) is 7.55. The van der Waals surface area contributed by atoms with E-state index in [9.17, 15) is 9.59 Å². The Balaban J connectivity index is 1.91. The van der Waals surface area contributed by atoms with Gasteiger partial charge in [-0.1, -0.05) is 24.3 Å². The Morgan fingerprint density at radius 1 is 0.742 bits per heavy atom. The van der Waals surface area contributed by atoms with Gasteiger partial charge in [0.1, 0.15) is 0 Å². The van der Waals surface area contributed by atoms with Gasteiger partial charge in [0.2, 0.25) is 11.6 Å². The van der Waals surface area contributed by atoms with E-state index in [2.05, 4.69) is 25.1 Å². The van der Waals surface area contributed by atoms with Crippen molar-refractivity contribution in [2.45, 2.75) is 0 Å². The van der Waals surface area contributed by atoms with Crippen LogP contribution in [0.25, 0.3) is 34.0 Å². The van der Waals surface area contributed by atoms with Crippen LogP contribution in [0.5, 0.6) is 0 Å². The van der Waals surface area contributed by atoms with Gasteiger partial charge < -0.3 is 21.7 Å². The summed E-state index contributed by atoms with van der Waals surface area (Å²) >= 11 is 0. The molecular formula is C20H15N7O4. The lowest BCUT2D eigenvalue weighted by atomic mass is 10.0. The molecule has 2 aromatic carbocycles. The highest BCUT2D eigenvalue weighted by Crippen LogP contribution is 2.33. The Labute approximate surface area is 174 Å². The van der Waals surface area contributed by atoms with Gasteiger partial charge in [-0.15, -0.1) is 0 Å². The molecule has 2 aromatic heterocycles. The molecule has 11 heteroatoms. The summed E-state index contributed by atoms with van der Waals surface area (Å²) in [5.41, 5.74) is 14.7. The van der Waals surface area contributed by atoms with Crippen LogP contribution in [0.15, 0.2) is 48.5 Å². The number of carboxylic acids is 2. The molecule has 31 heavy (non-hydrogen) atoms. The van der Waals surface area contributed by atoms with Crippen molar-refractivity contribution in [3.8, 4) is 34.0 Å². The number of nitrogens with zero attached hydrogens (tertiary/aromatic N) is 4. The number of H-pyrrole nitrogens is 1. The fraction of sp³-hybridized carbons (Fsp3) is 0. The number of nitrogen functional groups attached to an aromatic ring is 2. The van der Waals surface area contributed by atoms with E-state index in [1.165, 1.54) is 12.1 Å². The van der Waals surface area contributed by atoms with E-state index in [-0.39, 0.29) is 28.7 Å². The third-order valence-corrected chi connectivity index (χ3v) is 4.41. The van der Waals surface area contributed by atoms with Gasteiger partial charge in [-0.05, 0) is 24.3 Å². The molecule has 0 radical (unpaired) electrons. The molecule has 0 saturated heterocycles. The molecule has 0 atom stereocenters. The molecule has 7 N–H and O–H groups in total. The third kappa shape index (κ3) is 3.74. The Kier molecular flexibility index (Phi) is 4.76. The van der Waals surface area contributed by atoms with Crippen LogP contribution in [-0.2, 0) is 0 Å². The quantitative estimate of drug-likeness (QED) is 0.300. The number of aromatic nitrogens is 5. The Bertz CT molecular complexity index is 1300. The van der Waals surface area contributed by atoms with E-state index in [1.54, 1.807) is 36.4 Å². The van der Waals surface area contributed by atoms with Gasteiger partial charge >= 0.3 is 11.9 Å². The Morgan fingerprint density at radius 3 is 1.87 bits per heavy atom. The first kappa shape index (κ1) is 19.5. The van der Waals surface area contributed by atoms with Crippen molar-refractivity contribution in [1.82, 2.24) is 25.1 Å².